The van der Waals surface area contributed by atoms with Crippen molar-refractivity contribution in [3.05, 3.63) is 55.1 Å². The summed E-state index contributed by atoms with van der Waals surface area (Å²) >= 11 is 0. The third-order valence-electron chi connectivity index (χ3n) is 5.67. The van der Waals surface area contributed by atoms with Crippen molar-refractivity contribution < 1.29 is 9.59 Å². The van der Waals surface area contributed by atoms with Gasteiger partial charge in [0.05, 0.1) is 5.92 Å². The summed E-state index contributed by atoms with van der Waals surface area (Å²) in [6, 6.07) is 6.98. The smallest absolute Gasteiger partial charge is 0.254 e. The van der Waals surface area contributed by atoms with Crippen LogP contribution in [0.5, 0.6) is 0 Å². The van der Waals surface area contributed by atoms with Crippen LogP contribution in [0.25, 0.3) is 0 Å². The molecular formula is C21H27N3O2. The highest BCUT2D eigenvalue weighted by atomic mass is 16.2. The summed E-state index contributed by atoms with van der Waals surface area (Å²) in [5.74, 6) is 0.742. The standard InChI is InChI=1S/C21H27N3O2/c1-3-11-24(12-4-2)21(26)14-7-9-17(10-8-14)23-20(25)18-15-5-6-16(13-15)19(18)22/h3-4,7-10,15-16,18-19H,1-2,5-6,11-13,22H2,(H,23,25). The SMILES string of the molecule is C=CCN(CC=C)C(=O)c1ccc(NC(=O)C2C3CCC(C3)C2N)cc1. The van der Waals surface area contributed by atoms with Gasteiger partial charge in [-0.1, -0.05) is 12.2 Å². The number of hydrogen-bond donors (Lipinski definition) is 2. The quantitative estimate of drug-likeness (QED) is 0.740. The third-order valence-corrected chi connectivity index (χ3v) is 5.67. The number of fused-ring (bicyclic) bond motifs is 2. The monoisotopic (exact) mass is 353 g/mol. The number of anilines is 1. The molecule has 26 heavy (non-hydrogen) atoms. The average molecular weight is 353 g/mol. The number of rotatable bonds is 7. The number of benzene rings is 1. The zero-order valence-corrected chi connectivity index (χ0v) is 15.1. The highest BCUT2D eigenvalue weighted by Crippen LogP contribution is 2.47. The number of carbonyl (C=O) groups is 2. The summed E-state index contributed by atoms with van der Waals surface area (Å²) in [6.07, 6.45) is 6.71. The molecule has 4 unspecified atom stereocenters. The summed E-state index contributed by atoms with van der Waals surface area (Å²) in [4.78, 5) is 26.8. The number of nitrogens with two attached hydrogens (primary N) is 1. The second-order valence-corrected chi connectivity index (χ2v) is 7.29. The van der Waals surface area contributed by atoms with Crippen molar-refractivity contribution in [2.75, 3.05) is 18.4 Å². The van der Waals surface area contributed by atoms with E-state index in [-0.39, 0.29) is 23.8 Å². The molecule has 4 atom stereocenters. The van der Waals surface area contributed by atoms with Crippen LogP contribution in [0.15, 0.2) is 49.6 Å². The fraction of sp³-hybridized carbons (Fsp3) is 0.429. The van der Waals surface area contributed by atoms with Gasteiger partial charge in [-0.2, -0.15) is 0 Å². The highest BCUT2D eigenvalue weighted by Gasteiger charge is 2.49. The van der Waals surface area contributed by atoms with Crippen molar-refractivity contribution in [2.24, 2.45) is 23.5 Å². The minimum absolute atomic E-state index is 0.00344. The van der Waals surface area contributed by atoms with Gasteiger partial charge in [-0.3, -0.25) is 9.59 Å². The third kappa shape index (κ3) is 3.58. The van der Waals surface area contributed by atoms with Crippen molar-refractivity contribution >= 4 is 17.5 Å². The van der Waals surface area contributed by atoms with Crippen molar-refractivity contribution in [1.82, 2.24) is 4.90 Å². The maximum absolute atomic E-state index is 12.6. The summed E-state index contributed by atoms with van der Waals surface area (Å²) < 4.78 is 0. The number of nitrogens with zero attached hydrogens (tertiary/aromatic N) is 1. The van der Waals surface area contributed by atoms with Crippen LogP contribution in [0.3, 0.4) is 0 Å². The fourth-order valence-electron chi connectivity index (χ4n) is 4.38. The molecule has 0 spiro atoms. The summed E-state index contributed by atoms with van der Waals surface area (Å²) in [5.41, 5.74) is 7.51. The number of carbonyl (C=O) groups excluding carboxylic acids is 2. The van der Waals surface area contributed by atoms with Gasteiger partial charge in [0.25, 0.3) is 5.91 Å². The molecule has 2 amide bonds. The van der Waals surface area contributed by atoms with Crippen LogP contribution in [0.4, 0.5) is 5.69 Å². The van der Waals surface area contributed by atoms with Gasteiger partial charge >= 0.3 is 0 Å². The zero-order chi connectivity index (χ0) is 18.7. The molecule has 2 fully saturated rings. The Morgan fingerprint density at radius 2 is 1.73 bits per heavy atom. The Kier molecular flexibility index (Phi) is 5.57. The van der Waals surface area contributed by atoms with Crippen LogP contribution in [0.2, 0.25) is 0 Å². The summed E-state index contributed by atoms with van der Waals surface area (Å²) in [5, 5.41) is 2.97. The van der Waals surface area contributed by atoms with Crippen LogP contribution in [-0.4, -0.2) is 35.8 Å². The van der Waals surface area contributed by atoms with Gasteiger partial charge in [-0.05, 0) is 55.4 Å². The van der Waals surface area contributed by atoms with E-state index in [0.29, 0.717) is 36.2 Å². The predicted molar refractivity (Wildman–Crippen MR) is 104 cm³/mol. The van der Waals surface area contributed by atoms with Crippen molar-refractivity contribution in [3.8, 4) is 0 Å². The Hall–Kier alpha value is -2.40. The molecule has 5 heteroatoms. The van der Waals surface area contributed by atoms with E-state index in [2.05, 4.69) is 18.5 Å². The molecule has 0 radical (unpaired) electrons. The van der Waals surface area contributed by atoms with E-state index in [1.807, 2.05) is 0 Å². The summed E-state index contributed by atoms with van der Waals surface area (Å²) in [7, 11) is 0. The van der Waals surface area contributed by atoms with Gasteiger partial charge in [-0.15, -0.1) is 13.2 Å². The molecule has 3 rings (SSSR count). The molecule has 0 heterocycles. The first-order valence-electron chi connectivity index (χ1n) is 9.22. The lowest BCUT2D eigenvalue weighted by Gasteiger charge is -2.27. The molecule has 0 saturated heterocycles. The van der Waals surface area contributed by atoms with Gasteiger partial charge in [0, 0.05) is 30.4 Å². The average Bonchev–Trinajstić information content (AvgIpc) is 3.22. The lowest BCUT2D eigenvalue weighted by atomic mass is 9.84. The van der Waals surface area contributed by atoms with Crippen LogP contribution in [0.1, 0.15) is 29.6 Å². The molecule has 2 bridgehead atoms. The Balaban J connectivity index is 1.64. The molecule has 138 valence electrons. The second kappa shape index (κ2) is 7.87. The first-order valence-corrected chi connectivity index (χ1v) is 9.22. The van der Waals surface area contributed by atoms with E-state index in [4.69, 9.17) is 5.73 Å². The van der Waals surface area contributed by atoms with Gasteiger partial charge in [0.1, 0.15) is 0 Å². The number of nitrogens with one attached hydrogen (secondary N) is 1. The van der Waals surface area contributed by atoms with E-state index < -0.39 is 0 Å². The molecule has 2 saturated carbocycles. The van der Waals surface area contributed by atoms with Crippen molar-refractivity contribution in [1.29, 1.82) is 0 Å². The molecular weight excluding hydrogens is 326 g/mol. The Labute approximate surface area is 154 Å². The molecule has 2 aliphatic rings. The Morgan fingerprint density at radius 1 is 1.12 bits per heavy atom. The fourth-order valence-corrected chi connectivity index (χ4v) is 4.38. The predicted octanol–water partition coefficient (Wildman–Crippen LogP) is 2.81. The van der Waals surface area contributed by atoms with E-state index in [9.17, 15) is 9.59 Å². The normalized spacial score (nSPS) is 26.3. The van der Waals surface area contributed by atoms with E-state index >= 15 is 0 Å². The van der Waals surface area contributed by atoms with Gasteiger partial charge in [0.15, 0.2) is 0 Å². The first kappa shape index (κ1) is 18.4. The second-order valence-electron chi connectivity index (χ2n) is 7.29. The van der Waals surface area contributed by atoms with Gasteiger partial charge in [-0.25, -0.2) is 0 Å². The lowest BCUT2D eigenvalue weighted by Crippen LogP contribution is -2.42. The number of hydrogen-bond acceptors (Lipinski definition) is 3. The highest BCUT2D eigenvalue weighted by molar-refractivity contribution is 5.96. The first-order chi connectivity index (χ1) is 12.5. The molecule has 0 aliphatic heterocycles. The van der Waals surface area contributed by atoms with Crippen LogP contribution < -0.4 is 11.1 Å². The minimum Gasteiger partial charge on any atom is -0.331 e. The molecule has 5 nitrogen and oxygen atoms in total. The molecule has 1 aromatic rings. The summed E-state index contributed by atoms with van der Waals surface area (Å²) in [6.45, 7) is 8.29. The Morgan fingerprint density at radius 3 is 2.27 bits per heavy atom. The zero-order valence-electron chi connectivity index (χ0n) is 15.1. The van der Waals surface area contributed by atoms with Crippen molar-refractivity contribution in [3.63, 3.8) is 0 Å². The molecule has 1 aromatic carbocycles. The maximum atomic E-state index is 12.6. The van der Waals surface area contributed by atoms with E-state index in [0.717, 1.165) is 19.3 Å². The van der Waals surface area contributed by atoms with Crippen molar-refractivity contribution in [2.45, 2.75) is 25.3 Å². The lowest BCUT2D eigenvalue weighted by molar-refractivity contribution is -0.121. The molecule has 0 aromatic heterocycles. The molecule has 3 N–H and O–H groups in total. The van der Waals surface area contributed by atoms with Gasteiger partial charge in [0.2, 0.25) is 5.91 Å². The minimum atomic E-state index is -0.0919. The van der Waals surface area contributed by atoms with Crippen LogP contribution in [-0.2, 0) is 4.79 Å². The van der Waals surface area contributed by atoms with Crippen LogP contribution in [0, 0.1) is 17.8 Å². The largest absolute Gasteiger partial charge is 0.331 e. The van der Waals surface area contributed by atoms with Gasteiger partial charge < -0.3 is 16.0 Å². The topological polar surface area (TPSA) is 75.4 Å². The van der Waals surface area contributed by atoms with Crippen LogP contribution >= 0.6 is 0 Å². The van der Waals surface area contributed by atoms with E-state index in [1.54, 1.807) is 41.3 Å². The maximum Gasteiger partial charge on any atom is 0.254 e. The number of amides is 2. The molecule has 2 aliphatic carbocycles. The Bertz CT molecular complexity index is 686. The van der Waals surface area contributed by atoms with E-state index in [1.165, 1.54) is 0 Å².